The van der Waals surface area contributed by atoms with Crippen LogP contribution in [0.3, 0.4) is 0 Å². The number of methoxy groups -OCH3 is 1. The van der Waals surface area contributed by atoms with Crippen LogP contribution >= 0.6 is 11.6 Å². The van der Waals surface area contributed by atoms with Crippen molar-refractivity contribution >= 4 is 40.1 Å². The zero-order valence-corrected chi connectivity index (χ0v) is 14.5. The van der Waals surface area contributed by atoms with E-state index in [0.29, 0.717) is 27.5 Å². The van der Waals surface area contributed by atoms with E-state index in [0.717, 1.165) is 0 Å². The van der Waals surface area contributed by atoms with E-state index >= 15 is 0 Å². The van der Waals surface area contributed by atoms with Crippen LogP contribution < -0.4 is 20.5 Å². The van der Waals surface area contributed by atoms with E-state index in [1.54, 1.807) is 42.5 Å². The molecule has 0 spiro atoms. The number of benzene rings is 2. The van der Waals surface area contributed by atoms with Crippen molar-refractivity contribution in [1.82, 2.24) is 0 Å². The maximum atomic E-state index is 12.2. The number of furan rings is 1. The Kier molecular flexibility index (Phi) is 4.99. The molecule has 8 heteroatoms. The minimum Gasteiger partial charge on any atom is -0.497 e. The zero-order valence-electron chi connectivity index (χ0n) is 13.7. The average molecular weight is 375 g/mol. The Morgan fingerprint density at radius 2 is 1.85 bits per heavy atom. The number of halogens is 1. The van der Waals surface area contributed by atoms with E-state index in [4.69, 9.17) is 31.2 Å². The second kappa shape index (κ2) is 7.37. The summed E-state index contributed by atoms with van der Waals surface area (Å²) in [5.41, 5.74) is 5.91. The monoisotopic (exact) mass is 374 g/mol. The molecule has 3 aromatic rings. The number of carbonyl (C=O) groups is 2. The number of primary amides is 1. The van der Waals surface area contributed by atoms with Gasteiger partial charge >= 0.3 is 0 Å². The van der Waals surface area contributed by atoms with Gasteiger partial charge in [0.25, 0.3) is 11.8 Å². The number of ether oxygens (including phenoxy) is 2. The van der Waals surface area contributed by atoms with Crippen LogP contribution in [0.2, 0.25) is 5.02 Å². The maximum Gasteiger partial charge on any atom is 0.286 e. The highest BCUT2D eigenvalue weighted by molar-refractivity contribution is 6.30. The third-order valence-corrected chi connectivity index (χ3v) is 3.82. The van der Waals surface area contributed by atoms with Gasteiger partial charge in [-0.05, 0) is 36.4 Å². The number of nitrogens with two attached hydrogens (primary N) is 1. The average Bonchev–Trinajstić information content (AvgIpc) is 2.99. The summed E-state index contributed by atoms with van der Waals surface area (Å²) in [7, 11) is 1.51. The highest BCUT2D eigenvalue weighted by Gasteiger charge is 2.21. The summed E-state index contributed by atoms with van der Waals surface area (Å²) in [4.78, 5) is 23.9. The maximum absolute atomic E-state index is 12.2. The number of hydrogen-bond acceptors (Lipinski definition) is 5. The highest BCUT2D eigenvalue weighted by atomic mass is 35.5. The molecule has 26 heavy (non-hydrogen) atoms. The van der Waals surface area contributed by atoms with Gasteiger partial charge < -0.3 is 24.9 Å². The van der Waals surface area contributed by atoms with E-state index in [1.165, 1.54) is 7.11 Å². The molecular weight excluding hydrogens is 360 g/mol. The molecule has 0 aliphatic rings. The first-order valence-electron chi connectivity index (χ1n) is 7.56. The van der Waals surface area contributed by atoms with E-state index in [1.807, 2.05) is 0 Å². The second-order valence-corrected chi connectivity index (χ2v) is 5.76. The van der Waals surface area contributed by atoms with Gasteiger partial charge in [0.2, 0.25) is 5.76 Å². The lowest BCUT2D eigenvalue weighted by atomic mass is 10.2. The molecule has 7 nitrogen and oxygen atoms in total. The Morgan fingerprint density at radius 3 is 2.50 bits per heavy atom. The van der Waals surface area contributed by atoms with Gasteiger partial charge in [-0.1, -0.05) is 11.6 Å². The van der Waals surface area contributed by atoms with Crippen molar-refractivity contribution in [3.8, 4) is 11.5 Å². The van der Waals surface area contributed by atoms with Crippen molar-refractivity contribution < 1.29 is 23.5 Å². The van der Waals surface area contributed by atoms with Crippen LogP contribution in [-0.2, 0) is 4.79 Å². The molecular formula is C18H15ClN2O5. The Hall–Kier alpha value is -3.19. The lowest BCUT2D eigenvalue weighted by molar-refractivity contribution is -0.118. The van der Waals surface area contributed by atoms with Gasteiger partial charge in [-0.15, -0.1) is 0 Å². The zero-order chi connectivity index (χ0) is 18.7. The predicted octanol–water partition coefficient (Wildman–Crippen LogP) is 3.21. The van der Waals surface area contributed by atoms with E-state index in [2.05, 4.69) is 5.32 Å². The van der Waals surface area contributed by atoms with Crippen LogP contribution in [0.5, 0.6) is 11.5 Å². The van der Waals surface area contributed by atoms with Gasteiger partial charge in [-0.25, -0.2) is 0 Å². The van der Waals surface area contributed by atoms with E-state index < -0.39 is 11.8 Å². The van der Waals surface area contributed by atoms with Gasteiger partial charge in [0.1, 0.15) is 22.8 Å². The largest absolute Gasteiger partial charge is 0.497 e. The van der Waals surface area contributed by atoms with Gasteiger partial charge in [-0.3, -0.25) is 9.59 Å². The first-order valence-corrected chi connectivity index (χ1v) is 7.94. The third kappa shape index (κ3) is 3.73. The van der Waals surface area contributed by atoms with E-state index in [9.17, 15) is 9.59 Å². The third-order valence-electron chi connectivity index (χ3n) is 3.57. The van der Waals surface area contributed by atoms with Crippen molar-refractivity contribution in [1.29, 1.82) is 0 Å². The van der Waals surface area contributed by atoms with Crippen LogP contribution in [-0.4, -0.2) is 25.5 Å². The molecule has 3 N–H and O–H groups in total. The van der Waals surface area contributed by atoms with E-state index in [-0.39, 0.29) is 18.1 Å². The molecule has 1 heterocycles. The number of carbonyl (C=O) groups excluding carboxylic acids is 2. The number of rotatable bonds is 6. The number of anilines is 1. The molecule has 0 fully saturated rings. The first kappa shape index (κ1) is 17.6. The first-order chi connectivity index (χ1) is 12.5. The van der Waals surface area contributed by atoms with Gasteiger partial charge in [-0.2, -0.15) is 0 Å². The Balaban J connectivity index is 1.80. The van der Waals surface area contributed by atoms with Crippen LogP contribution in [0.1, 0.15) is 10.6 Å². The van der Waals surface area contributed by atoms with Gasteiger partial charge in [0, 0.05) is 16.5 Å². The molecule has 0 saturated heterocycles. The summed E-state index contributed by atoms with van der Waals surface area (Å²) in [6.07, 6.45) is 0. The Bertz CT molecular complexity index is 966. The fourth-order valence-corrected chi connectivity index (χ4v) is 2.48. The lowest BCUT2D eigenvalue weighted by Gasteiger charge is -2.07. The number of nitrogens with one attached hydrogen (secondary N) is 1. The van der Waals surface area contributed by atoms with Crippen LogP contribution in [0.15, 0.2) is 46.9 Å². The topological polar surface area (TPSA) is 104 Å². The predicted molar refractivity (Wildman–Crippen MR) is 96.9 cm³/mol. The van der Waals surface area contributed by atoms with Gasteiger partial charge in [0.05, 0.1) is 7.11 Å². The second-order valence-electron chi connectivity index (χ2n) is 5.32. The summed E-state index contributed by atoms with van der Waals surface area (Å²) in [5, 5.41) is 3.70. The molecule has 134 valence electrons. The van der Waals surface area contributed by atoms with Crippen molar-refractivity contribution in [2.24, 2.45) is 5.73 Å². The number of amides is 2. The molecule has 1 aromatic heterocycles. The molecule has 0 radical (unpaired) electrons. The summed E-state index contributed by atoms with van der Waals surface area (Å²) < 4.78 is 16.0. The minimum absolute atomic E-state index is 0.145. The lowest BCUT2D eigenvalue weighted by Crippen LogP contribution is -2.22. The fourth-order valence-electron chi connectivity index (χ4n) is 2.36. The smallest absolute Gasteiger partial charge is 0.286 e. The molecule has 3 rings (SSSR count). The van der Waals surface area contributed by atoms with Crippen molar-refractivity contribution in [3.63, 3.8) is 0 Å². The van der Waals surface area contributed by atoms with Crippen LogP contribution in [0.4, 0.5) is 5.69 Å². The molecule has 0 atom stereocenters. The SMILES string of the molecule is COc1ccc2c(NC(=O)COc3ccc(Cl)cc3)c(C(N)=O)oc2c1. The van der Waals surface area contributed by atoms with Crippen molar-refractivity contribution in [2.75, 3.05) is 19.0 Å². The standard InChI is InChI=1S/C18H15ClN2O5/c1-24-12-6-7-13-14(8-12)26-17(18(20)23)16(13)21-15(22)9-25-11-4-2-10(19)3-5-11/h2-8H,9H2,1H3,(H2,20,23)(H,21,22). The fraction of sp³-hybridized carbons (Fsp3) is 0.111. The molecule has 2 amide bonds. The van der Waals surface area contributed by atoms with Crippen LogP contribution in [0, 0.1) is 0 Å². The van der Waals surface area contributed by atoms with Gasteiger partial charge in [0.15, 0.2) is 6.61 Å². The summed E-state index contributed by atoms with van der Waals surface area (Å²) >= 11 is 5.80. The summed E-state index contributed by atoms with van der Waals surface area (Å²) in [6.45, 7) is -0.261. The van der Waals surface area contributed by atoms with Crippen molar-refractivity contribution in [2.45, 2.75) is 0 Å². The minimum atomic E-state index is -0.797. The molecule has 2 aromatic carbocycles. The molecule has 0 aliphatic carbocycles. The number of fused-ring (bicyclic) bond motifs is 1. The summed E-state index contributed by atoms with van der Waals surface area (Å²) in [6, 6.07) is 11.5. The molecule has 0 unspecified atom stereocenters. The highest BCUT2D eigenvalue weighted by Crippen LogP contribution is 2.33. The Morgan fingerprint density at radius 1 is 1.15 bits per heavy atom. The quantitative estimate of drug-likeness (QED) is 0.689. The van der Waals surface area contributed by atoms with Crippen LogP contribution in [0.25, 0.3) is 11.0 Å². The number of hydrogen-bond donors (Lipinski definition) is 2. The normalized spacial score (nSPS) is 10.5. The summed E-state index contributed by atoms with van der Waals surface area (Å²) in [5.74, 6) is -0.379. The Labute approximate surface area is 153 Å². The van der Waals surface area contributed by atoms with Crippen molar-refractivity contribution in [3.05, 3.63) is 53.2 Å². The molecule has 0 aliphatic heterocycles. The molecule has 0 bridgehead atoms. The molecule has 0 saturated carbocycles.